The fraction of sp³-hybridized carbons (Fsp3) is 0.562. The minimum atomic E-state index is -3.93. The van der Waals surface area contributed by atoms with Gasteiger partial charge in [0.15, 0.2) is 0 Å². The Hall–Kier alpha value is -1.31. The summed E-state index contributed by atoms with van der Waals surface area (Å²) >= 11 is 5.91. The molecule has 1 unspecified atom stereocenters. The van der Waals surface area contributed by atoms with Crippen molar-refractivity contribution in [2.45, 2.75) is 56.5 Å². The maximum Gasteiger partial charge on any atom is 0.245 e. The quantitative estimate of drug-likeness (QED) is 0.767. The van der Waals surface area contributed by atoms with E-state index in [1.165, 1.54) is 19.1 Å². The molecular weight excluding hydrogens is 352 g/mol. The Morgan fingerprint density at radius 2 is 2.04 bits per heavy atom. The standard InChI is InChI=1S/C16H23ClN2O4S/c1-3-23-14-9-8-12(17)10-15(14)24(21,22)19-11(2)16(20)18-13-6-4-5-7-13/h8-11,13,19H,3-7H2,1-2H3,(H,18,20). The van der Waals surface area contributed by atoms with Crippen LogP contribution in [-0.2, 0) is 14.8 Å². The molecule has 1 aliphatic rings. The third-order valence-electron chi connectivity index (χ3n) is 3.92. The normalized spacial score (nSPS) is 16.8. The Kier molecular flexibility index (Phi) is 6.48. The molecule has 1 amide bonds. The van der Waals surface area contributed by atoms with Gasteiger partial charge in [0.25, 0.3) is 0 Å². The average molecular weight is 375 g/mol. The molecule has 0 aliphatic heterocycles. The number of sulfonamides is 1. The summed E-state index contributed by atoms with van der Waals surface area (Å²) in [5, 5.41) is 3.16. The van der Waals surface area contributed by atoms with Crippen LogP contribution < -0.4 is 14.8 Å². The van der Waals surface area contributed by atoms with Crippen molar-refractivity contribution >= 4 is 27.5 Å². The molecule has 0 bridgehead atoms. The molecule has 8 heteroatoms. The van der Waals surface area contributed by atoms with Crippen LogP contribution in [0.4, 0.5) is 0 Å². The van der Waals surface area contributed by atoms with E-state index in [2.05, 4.69) is 10.0 Å². The van der Waals surface area contributed by atoms with Gasteiger partial charge in [-0.2, -0.15) is 4.72 Å². The van der Waals surface area contributed by atoms with Crippen LogP contribution in [0.5, 0.6) is 5.75 Å². The van der Waals surface area contributed by atoms with Crippen molar-refractivity contribution < 1.29 is 17.9 Å². The molecule has 0 heterocycles. The number of hydrogen-bond acceptors (Lipinski definition) is 4. The van der Waals surface area contributed by atoms with E-state index >= 15 is 0 Å². The first kappa shape index (κ1) is 19.0. The fourth-order valence-corrected chi connectivity index (χ4v) is 4.32. The minimum absolute atomic E-state index is 0.0719. The second-order valence-corrected chi connectivity index (χ2v) is 7.98. The van der Waals surface area contributed by atoms with Crippen molar-refractivity contribution in [3.63, 3.8) is 0 Å². The van der Waals surface area contributed by atoms with Gasteiger partial charge in [-0.3, -0.25) is 4.79 Å². The second-order valence-electron chi connectivity index (χ2n) is 5.86. The number of benzene rings is 1. The van der Waals surface area contributed by atoms with Gasteiger partial charge in [0, 0.05) is 11.1 Å². The zero-order valence-corrected chi connectivity index (χ0v) is 15.4. The maximum absolute atomic E-state index is 12.6. The summed E-state index contributed by atoms with van der Waals surface area (Å²) in [5.74, 6) is -0.122. The number of ether oxygens (including phenoxy) is 1. The van der Waals surface area contributed by atoms with E-state index in [-0.39, 0.29) is 27.6 Å². The van der Waals surface area contributed by atoms with Crippen molar-refractivity contribution in [3.05, 3.63) is 23.2 Å². The lowest BCUT2D eigenvalue weighted by molar-refractivity contribution is -0.123. The minimum Gasteiger partial charge on any atom is -0.492 e. The molecular formula is C16H23ClN2O4S. The van der Waals surface area contributed by atoms with Crippen molar-refractivity contribution in [2.24, 2.45) is 0 Å². The zero-order chi connectivity index (χ0) is 17.7. The summed E-state index contributed by atoms with van der Waals surface area (Å²) in [6.07, 6.45) is 4.05. The van der Waals surface area contributed by atoms with Crippen LogP contribution >= 0.6 is 11.6 Å². The molecule has 1 aromatic rings. The summed E-state index contributed by atoms with van der Waals surface area (Å²) in [6, 6.07) is 3.63. The molecule has 1 saturated carbocycles. The summed E-state index contributed by atoms with van der Waals surface area (Å²) in [7, 11) is -3.93. The molecule has 24 heavy (non-hydrogen) atoms. The molecule has 6 nitrogen and oxygen atoms in total. The van der Waals surface area contributed by atoms with E-state index in [0.717, 1.165) is 25.7 Å². The van der Waals surface area contributed by atoms with Crippen LogP contribution in [0.2, 0.25) is 5.02 Å². The van der Waals surface area contributed by atoms with Crippen molar-refractivity contribution in [3.8, 4) is 5.75 Å². The monoisotopic (exact) mass is 374 g/mol. The third kappa shape index (κ3) is 4.84. The van der Waals surface area contributed by atoms with Gasteiger partial charge in [-0.1, -0.05) is 24.4 Å². The molecule has 0 radical (unpaired) electrons. The molecule has 0 aromatic heterocycles. The number of carbonyl (C=O) groups excluding carboxylic acids is 1. The molecule has 134 valence electrons. The van der Waals surface area contributed by atoms with Crippen LogP contribution in [-0.4, -0.2) is 33.0 Å². The molecule has 0 spiro atoms. The van der Waals surface area contributed by atoms with Crippen molar-refractivity contribution in [2.75, 3.05) is 6.61 Å². The number of nitrogens with one attached hydrogen (secondary N) is 2. The maximum atomic E-state index is 12.6. The van der Waals surface area contributed by atoms with E-state index in [0.29, 0.717) is 6.61 Å². The molecule has 1 fully saturated rings. The van der Waals surface area contributed by atoms with Crippen LogP contribution in [0.1, 0.15) is 39.5 Å². The van der Waals surface area contributed by atoms with Crippen LogP contribution in [0.3, 0.4) is 0 Å². The van der Waals surface area contributed by atoms with Gasteiger partial charge in [0.1, 0.15) is 10.6 Å². The fourth-order valence-electron chi connectivity index (χ4n) is 2.71. The van der Waals surface area contributed by atoms with Crippen molar-refractivity contribution in [1.82, 2.24) is 10.0 Å². The predicted octanol–water partition coefficient (Wildman–Crippen LogP) is 2.46. The Morgan fingerprint density at radius 1 is 1.38 bits per heavy atom. The highest BCUT2D eigenvalue weighted by Gasteiger charge is 2.27. The highest BCUT2D eigenvalue weighted by Crippen LogP contribution is 2.27. The Bertz CT molecular complexity index is 687. The highest BCUT2D eigenvalue weighted by molar-refractivity contribution is 7.89. The van der Waals surface area contributed by atoms with Gasteiger partial charge in [-0.05, 0) is 44.9 Å². The molecule has 2 N–H and O–H groups in total. The van der Waals surface area contributed by atoms with E-state index in [1.807, 2.05) is 0 Å². The molecule has 0 saturated heterocycles. The van der Waals surface area contributed by atoms with Crippen molar-refractivity contribution in [1.29, 1.82) is 0 Å². The Balaban J connectivity index is 2.12. The Morgan fingerprint density at radius 3 is 2.67 bits per heavy atom. The van der Waals surface area contributed by atoms with Gasteiger partial charge < -0.3 is 10.1 Å². The van der Waals surface area contributed by atoms with E-state index in [1.54, 1.807) is 13.0 Å². The SMILES string of the molecule is CCOc1ccc(Cl)cc1S(=O)(=O)NC(C)C(=O)NC1CCCC1. The average Bonchev–Trinajstić information content (AvgIpc) is 3.01. The number of hydrogen-bond donors (Lipinski definition) is 2. The van der Waals surface area contributed by atoms with Crippen LogP contribution in [0.15, 0.2) is 23.1 Å². The van der Waals surface area contributed by atoms with Crippen LogP contribution in [0.25, 0.3) is 0 Å². The molecule has 2 rings (SSSR count). The lowest BCUT2D eigenvalue weighted by atomic mass is 10.2. The highest BCUT2D eigenvalue weighted by atomic mass is 35.5. The number of amides is 1. The number of carbonyl (C=O) groups is 1. The summed E-state index contributed by atoms with van der Waals surface area (Å²) < 4.78 is 32.9. The number of halogens is 1. The lowest BCUT2D eigenvalue weighted by Gasteiger charge is -2.19. The molecule has 1 aromatic carbocycles. The zero-order valence-electron chi connectivity index (χ0n) is 13.8. The summed E-state index contributed by atoms with van der Waals surface area (Å²) in [4.78, 5) is 12.1. The predicted molar refractivity (Wildman–Crippen MR) is 92.8 cm³/mol. The largest absolute Gasteiger partial charge is 0.492 e. The molecule has 1 aliphatic carbocycles. The smallest absolute Gasteiger partial charge is 0.245 e. The first-order valence-electron chi connectivity index (χ1n) is 8.08. The second kappa shape index (κ2) is 8.18. The summed E-state index contributed by atoms with van der Waals surface area (Å²) in [5.41, 5.74) is 0. The van der Waals surface area contributed by atoms with Gasteiger partial charge in [0.05, 0.1) is 12.6 Å². The van der Waals surface area contributed by atoms with E-state index in [9.17, 15) is 13.2 Å². The first-order valence-corrected chi connectivity index (χ1v) is 9.94. The topological polar surface area (TPSA) is 84.5 Å². The van der Waals surface area contributed by atoms with E-state index in [4.69, 9.17) is 16.3 Å². The van der Waals surface area contributed by atoms with E-state index < -0.39 is 16.1 Å². The summed E-state index contributed by atoms with van der Waals surface area (Å²) in [6.45, 7) is 3.60. The van der Waals surface area contributed by atoms with Gasteiger partial charge in [0.2, 0.25) is 15.9 Å². The van der Waals surface area contributed by atoms with Gasteiger partial charge >= 0.3 is 0 Å². The number of rotatable bonds is 7. The van der Waals surface area contributed by atoms with Gasteiger partial charge in [-0.15, -0.1) is 0 Å². The first-order chi connectivity index (χ1) is 11.3. The lowest BCUT2D eigenvalue weighted by Crippen LogP contribution is -2.47. The Labute approximate surface area is 148 Å². The third-order valence-corrected chi connectivity index (χ3v) is 5.72. The van der Waals surface area contributed by atoms with Gasteiger partial charge in [-0.25, -0.2) is 8.42 Å². The molecule has 1 atom stereocenters. The van der Waals surface area contributed by atoms with Crippen LogP contribution in [0, 0.1) is 0 Å².